The zero-order valence-electron chi connectivity index (χ0n) is 15.6. The van der Waals surface area contributed by atoms with Crippen LogP contribution >= 0.6 is 11.6 Å². The van der Waals surface area contributed by atoms with Crippen LogP contribution < -0.4 is 0 Å². The Morgan fingerprint density at radius 3 is 2.70 bits per heavy atom. The van der Waals surface area contributed by atoms with Crippen molar-refractivity contribution in [3.05, 3.63) is 70.2 Å². The van der Waals surface area contributed by atoms with Crippen molar-refractivity contribution < 1.29 is 9.49 Å². The first kappa shape index (κ1) is 18.3. The van der Waals surface area contributed by atoms with E-state index >= 15 is 0 Å². The normalized spacial score (nSPS) is 23.5. The number of azo groups is 2. The van der Waals surface area contributed by atoms with E-state index in [0.29, 0.717) is 0 Å². The van der Waals surface area contributed by atoms with Gasteiger partial charge in [-0.3, -0.25) is 0 Å². The summed E-state index contributed by atoms with van der Waals surface area (Å²) in [6.07, 6.45) is 3.85. The third-order valence-electron chi connectivity index (χ3n) is 5.63. The van der Waals surface area contributed by atoms with Crippen LogP contribution in [0.4, 0.5) is 0 Å². The van der Waals surface area contributed by atoms with Gasteiger partial charge in [0.1, 0.15) is 6.04 Å². The highest BCUT2D eigenvalue weighted by Gasteiger charge is 2.40. The molecule has 0 aliphatic carbocycles. The number of amides is 1. The summed E-state index contributed by atoms with van der Waals surface area (Å²) in [5, 5.41) is 5.68. The van der Waals surface area contributed by atoms with Crippen LogP contribution in [0, 0.1) is 0 Å². The number of carbonyl (C=O) groups is 1. The summed E-state index contributed by atoms with van der Waals surface area (Å²) in [7, 11) is 2.15. The number of fused-ring (bicyclic) bond motifs is 1. The van der Waals surface area contributed by atoms with Crippen LogP contribution in [0.25, 0.3) is 0 Å². The molecule has 0 radical (unpaired) electrons. The minimum Gasteiger partial charge on any atom is -0.306 e. The molecule has 0 unspecified atom stereocenters. The first-order chi connectivity index (χ1) is 13.1. The van der Waals surface area contributed by atoms with E-state index in [2.05, 4.69) is 11.9 Å². The van der Waals surface area contributed by atoms with Gasteiger partial charge in [-0.15, -0.1) is 0 Å². The highest BCUT2D eigenvalue weighted by atomic mass is 35.5. The van der Waals surface area contributed by atoms with E-state index in [1.807, 2.05) is 48.5 Å². The predicted octanol–water partition coefficient (Wildman–Crippen LogP) is 4.73. The van der Waals surface area contributed by atoms with Crippen molar-refractivity contribution in [1.29, 1.82) is 0 Å². The molecule has 1 fully saturated rings. The number of nitrogens with zero attached hydrogens (tertiary/aromatic N) is 3. The van der Waals surface area contributed by atoms with Gasteiger partial charge in [-0.1, -0.05) is 41.9 Å². The molecule has 0 saturated carbocycles. The number of benzene rings is 2. The quantitative estimate of drug-likeness (QED) is 0.719. The van der Waals surface area contributed by atoms with Crippen molar-refractivity contribution in [3.63, 3.8) is 0 Å². The largest absolute Gasteiger partial charge is 0.444 e. The first-order valence-corrected chi connectivity index (χ1v) is 10.1. The first-order valence-electron chi connectivity index (χ1n) is 9.68. The Kier molecular flexibility index (Phi) is 5.37. The molecule has 1 saturated heterocycles. The lowest BCUT2D eigenvalue weighted by molar-refractivity contribution is -0.546. The van der Waals surface area contributed by atoms with Gasteiger partial charge in [0.2, 0.25) is 0 Å². The van der Waals surface area contributed by atoms with E-state index < -0.39 is 0 Å². The maximum Gasteiger partial charge on any atom is 0.444 e. The zero-order chi connectivity index (χ0) is 18.8. The van der Waals surface area contributed by atoms with E-state index in [4.69, 9.17) is 16.7 Å². The second-order valence-corrected chi connectivity index (χ2v) is 8.02. The topological polar surface area (TPSA) is 35.7 Å². The number of rotatable bonds is 3. The van der Waals surface area contributed by atoms with Crippen LogP contribution in [-0.2, 0) is 6.42 Å². The highest BCUT2D eigenvalue weighted by Crippen LogP contribution is 2.32. The van der Waals surface area contributed by atoms with Gasteiger partial charge in [0, 0.05) is 36.4 Å². The summed E-state index contributed by atoms with van der Waals surface area (Å²) in [6, 6.07) is 16.0. The van der Waals surface area contributed by atoms with Crippen molar-refractivity contribution in [2.75, 3.05) is 20.1 Å². The number of carbonyl (C=O) groups excluding carboxylic acids is 1. The monoisotopic (exact) mass is 382 g/mol. The minimum atomic E-state index is -0.0407. The molecule has 5 heteroatoms. The Morgan fingerprint density at radius 2 is 1.89 bits per heavy atom. The Bertz CT molecular complexity index is 862. The van der Waals surface area contributed by atoms with Crippen molar-refractivity contribution in [3.8, 4) is 0 Å². The average Bonchev–Trinajstić information content (AvgIpc) is 2.90. The molecule has 2 aromatic carbocycles. The standard InChI is InChI=1S/C22H25ClN3O/c1-25-13-4-5-18(12-14-25)26-22(27)20-7-3-2-6-19(20)21(24-26)15-16-8-10-17(23)11-9-16/h2-3,6-11,18,21H,4-5,12-15H2,1H3/q+1/t18-,21-/m1/s1. The smallest absolute Gasteiger partial charge is 0.306 e. The summed E-state index contributed by atoms with van der Waals surface area (Å²) < 4.78 is 1.79. The van der Waals surface area contributed by atoms with Crippen LogP contribution in [-0.4, -0.2) is 41.7 Å². The van der Waals surface area contributed by atoms with E-state index in [9.17, 15) is 4.79 Å². The predicted molar refractivity (Wildman–Crippen MR) is 106 cm³/mol. The summed E-state index contributed by atoms with van der Waals surface area (Å²) >= 11 is 6.03. The Balaban J connectivity index is 1.67. The van der Waals surface area contributed by atoms with Crippen molar-refractivity contribution in [2.24, 2.45) is 5.11 Å². The van der Waals surface area contributed by atoms with Gasteiger partial charge in [-0.05, 0) is 53.6 Å². The van der Waals surface area contributed by atoms with Gasteiger partial charge in [0.05, 0.1) is 5.56 Å². The molecule has 0 N–H and O–H groups in total. The van der Waals surface area contributed by atoms with Crippen molar-refractivity contribution in [1.82, 2.24) is 4.90 Å². The molecular weight excluding hydrogens is 358 g/mol. The van der Waals surface area contributed by atoms with E-state index in [0.717, 1.165) is 54.9 Å². The lowest BCUT2D eigenvalue weighted by Gasteiger charge is -2.20. The fraction of sp³-hybridized carbons (Fsp3) is 0.409. The van der Waals surface area contributed by atoms with Gasteiger partial charge >= 0.3 is 5.91 Å². The third kappa shape index (κ3) is 3.97. The molecule has 2 aromatic rings. The molecule has 27 heavy (non-hydrogen) atoms. The summed E-state index contributed by atoms with van der Waals surface area (Å²) in [5.41, 5.74) is 3.00. The van der Waals surface area contributed by atoms with Crippen LogP contribution in [0.15, 0.2) is 53.6 Å². The third-order valence-corrected chi connectivity index (χ3v) is 5.88. The Hall–Kier alpha value is -2.04. The molecule has 2 aliphatic rings. The van der Waals surface area contributed by atoms with Crippen LogP contribution in [0.2, 0.25) is 5.02 Å². The zero-order valence-corrected chi connectivity index (χ0v) is 16.4. The molecule has 0 spiro atoms. The van der Waals surface area contributed by atoms with Crippen LogP contribution in [0.5, 0.6) is 0 Å². The average molecular weight is 383 g/mol. The number of hydrogen-bond acceptors (Lipinski definition) is 3. The fourth-order valence-electron chi connectivity index (χ4n) is 4.09. The maximum atomic E-state index is 13.2. The maximum absolute atomic E-state index is 13.2. The molecule has 1 amide bonds. The number of halogens is 1. The fourth-order valence-corrected chi connectivity index (χ4v) is 4.22. The molecule has 0 aromatic heterocycles. The lowest BCUT2D eigenvalue weighted by atomic mass is 9.93. The Morgan fingerprint density at radius 1 is 1.11 bits per heavy atom. The molecule has 2 aliphatic heterocycles. The van der Waals surface area contributed by atoms with E-state index in [1.165, 1.54) is 5.56 Å². The summed E-state index contributed by atoms with van der Waals surface area (Å²) in [6.45, 7) is 2.09. The SMILES string of the molecule is CN1CCC[C@@H]([N+]2=N[C@H](Cc3ccc(Cl)cc3)c3ccccc3C2=O)CC1. The number of hydrogen-bond donors (Lipinski definition) is 0. The van der Waals surface area contributed by atoms with Crippen molar-refractivity contribution in [2.45, 2.75) is 37.8 Å². The van der Waals surface area contributed by atoms with E-state index in [-0.39, 0.29) is 18.0 Å². The van der Waals surface area contributed by atoms with Crippen molar-refractivity contribution >= 4 is 17.5 Å². The van der Waals surface area contributed by atoms with Gasteiger partial charge < -0.3 is 4.90 Å². The van der Waals surface area contributed by atoms with Gasteiger partial charge in [0.25, 0.3) is 0 Å². The second kappa shape index (κ2) is 7.91. The Labute approximate surface area is 165 Å². The van der Waals surface area contributed by atoms with E-state index in [1.54, 1.807) is 4.70 Å². The summed E-state index contributed by atoms with van der Waals surface area (Å²) in [5.74, 6) is 0.0486. The minimum absolute atomic E-state index is 0.0407. The molecule has 2 heterocycles. The molecule has 140 valence electrons. The molecular formula is C22H25ClN3O+. The number of likely N-dealkylation sites (tertiary alicyclic amines) is 1. The summed E-state index contributed by atoms with van der Waals surface area (Å²) in [4.78, 5) is 15.5. The highest BCUT2D eigenvalue weighted by molar-refractivity contribution is 6.30. The van der Waals surface area contributed by atoms with Crippen LogP contribution in [0.3, 0.4) is 0 Å². The lowest BCUT2D eigenvalue weighted by Crippen LogP contribution is -2.36. The molecule has 2 atom stereocenters. The molecule has 4 nitrogen and oxygen atoms in total. The van der Waals surface area contributed by atoms with Crippen LogP contribution in [0.1, 0.15) is 46.8 Å². The van der Waals surface area contributed by atoms with Gasteiger partial charge in [0.15, 0.2) is 6.04 Å². The van der Waals surface area contributed by atoms with Gasteiger partial charge in [-0.25, -0.2) is 4.79 Å². The second-order valence-electron chi connectivity index (χ2n) is 7.59. The van der Waals surface area contributed by atoms with Gasteiger partial charge in [-0.2, -0.15) is 0 Å². The molecule has 4 rings (SSSR count). The molecule has 0 bridgehead atoms.